The predicted molar refractivity (Wildman–Crippen MR) is 143 cm³/mol. The van der Waals surface area contributed by atoms with E-state index in [2.05, 4.69) is 30.2 Å². The first-order valence-corrected chi connectivity index (χ1v) is 12.2. The summed E-state index contributed by atoms with van der Waals surface area (Å²) >= 11 is 0. The number of nitrogens with one attached hydrogen (secondary N) is 3. The summed E-state index contributed by atoms with van der Waals surface area (Å²) in [7, 11) is 0. The molecule has 4 heterocycles. The van der Waals surface area contributed by atoms with Crippen LogP contribution >= 0.6 is 0 Å². The van der Waals surface area contributed by atoms with E-state index in [9.17, 15) is 9.18 Å². The number of nitrogen functional groups attached to an aromatic ring is 1. The fourth-order valence-corrected chi connectivity index (χ4v) is 4.43. The highest BCUT2D eigenvalue weighted by molar-refractivity contribution is 6.13. The highest BCUT2D eigenvalue weighted by Crippen LogP contribution is 2.30. The van der Waals surface area contributed by atoms with Crippen LogP contribution in [0.25, 0.3) is 33.3 Å². The number of carbonyl (C=O) groups is 1. The zero-order valence-corrected chi connectivity index (χ0v) is 20.2. The number of fused-ring (bicyclic) bond motifs is 1. The first-order chi connectivity index (χ1) is 18.5. The molecule has 0 spiro atoms. The monoisotopic (exact) mass is 506 g/mol. The molecule has 1 amide bonds. The van der Waals surface area contributed by atoms with Crippen LogP contribution < -0.4 is 11.1 Å². The van der Waals surface area contributed by atoms with Crippen molar-refractivity contribution in [3.63, 3.8) is 0 Å². The molecule has 1 aliphatic rings. The lowest BCUT2D eigenvalue weighted by molar-refractivity contribution is -0.122. The number of anilines is 2. The third kappa shape index (κ3) is 4.36. The maximum atomic E-state index is 13.4. The summed E-state index contributed by atoms with van der Waals surface area (Å²) in [5, 5.41) is 11.8. The summed E-state index contributed by atoms with van der Waals surface area (Å²) in [6.07, 6.45) is 11.1. The molecule has 9 nitrogen and oxygen atoms in total. The summed E-state index contributed by atoms with van der Waals surface area (Å²) in [4.78, 5) is 33.0. The average Bonchev–Trinajstić information content (AvgIpc) is 3.33. The molecule has 0 atom stereocenters. The molecule has 1 fully saturated rings. The Morgan fingerprint density at radius 2 is 1.76 bits per heavy atom. The van der Waals surface area contributed by atoms with Gasteiger partial charge in [0.25, 0.3) is 0 Å². The van der Waals surface area contributed by atoms with Gasteiger partial charge in [-0.05, 0) is 42.7 Å². The van der Waals surface area contributed by atoms with Gasteiger partial charge in [0.05, 0.1) is 29.1 Å². The van der Waals surface area contributed by atoms with E-state index < -0.39 is 0 Å². The number of amides is 1. The number of halogens is 1. The van der Waals surface area contributed by atoms with E-state index >= 15 is 0 Å². The number of H-pyrrole nitrogens is 1. The summed E-state index contributed by atoms with van der Waals surface area (Å²) in [5.74, 6) is 0.210. The number of carbonyl (C=O) groups excluding carboxylic acids is 1. The third-order valence-electron chi connectivity index (χ3n) is 6.79. The first kappa shape index (κ1) is 23.4. The van der Waals surface area contributed by atoms with Gasteiger partial charge in [0.15, 0.2) is 5.82 Å². The topological polar surface area (TPSA) is 146 Å². The molecule has 38 heavy (non-hydrogen) atoms. The molecule has 0 unspecified atom stereocenters. The van der Waals surface area contributed by atoms with Gasteiger partial charge >= 0.3 is 0 Å². The number of hydrogen-bond donors (Lipinski definition) is 4. The van der Waals surface area contributed by atoms with Crippen LogP contribution in [0.1, 0.15) is 30.7 Å². The first-order valence-electron chi connectivity index (χ1n) is 12.2. The highest BCUT2D eigenvalue weighted by atomic mass is 19.1. The van der Waals surface area contributed by atoms with Gasteiger partial charge in [0.1, 0.15) is 17.3 Å². The van der Waals surface area contributed by atoms with Crippen LogP contribution in [0.5, 0.6) is 0 Å². The van der Waals surface area contributed by atoms with Gasteiger partial charge in [-0.2, -0.15) is 0 Å². The summed E-state index contributed by atoms with van der Waals surface area (Å²) < 4.78 is 13.4. The minimum Gasteiger partial charge on any atom is -0.383 e. The number of nitrogens with zero attached hydrogens (tertiary/aromatic N) is 4. The molecule has 0 saturated heterocycles. The van der Waals surface area contributed by atoms with Crippen LogP contribution in [0.3, 0.4) is 0 Å². The summed E-state index contributed by atoms with van der Waals surface area (Å²) in [6.45, 7) is 0. The maximum absolute atomic E-state index is 13.4. The molecule has 4 aromatic heterocycles. The Labute approximate surface area is 216 Å². The number of rotatable bonds is 6. The lowest BCUT2D eigenvalue weighted by Crippen LogP contribution is -2.28. The second kappa shape index (κ2) is 9.47. The van der Waals surface area contributed by atoms with Crippen molar-refractivity contribution in [3.8, 4) is 22.3 Å². The van der Waals surface area contributed by atoms with Gasteiger partial charge in [-0.25, -0.2) is 14.4 Å². The van der Waals surface area contributed by atoms with Crippen molar-refractivity contribution in [3.05, 3.63) is 84.6 Å². The lowest BCUT2D eigenvalue weighted by atomic mass is 9.85. The minimum absolute atomic E-state index is 0.00693. The van der Waals surface area contributed by atoms with Crippen molar-refractivity contribution in [2.75, 3.05) is 11.1 Å². The Kier molecular flexibility index (Phi) is 5.83. The third-order valence-corrected chi connectivity index (χ3v) is 6.79. The van der Waals surface area contributed by atoms with Gasteiger partial charge < -0.3 is 16.0 Å². The van der Waals surface area contributed by atoms with E-state index in [1.54, 1.807) is 49.2 Å². The largest absolute Gasteiger partial charge is 0.383 e. The van der Waals surface area contributed by atoms with Crippen molar-refractivity contribution >= 4 is 34.2 Å². The average molecular weight is 507 g/mol. The highest BCUT2D eigenvalue weighted by Gasteiger charge is 2.25. The molecule has 1 aromatic carbocycles. The van der Waals surface area contributed by atoms with E-state index in [1.165, 1.54) is 12.1 Å². The second-order valence-electron chi connectivity index (χ2n) is 9.29. The molecule has 188 valence electrons. The minimum atomic E-state index is -0.331. The van der Waals surface area contributed by atoms with E-state index in [4.69, 9.17) is 11.1 Å². The van der Waals surface area contributed by atoms with Crippen molar-refractivity contribution in [1.82, 2.24) is 24.9 Å². The van der Waals surface area contributed by atoms with Gasteiger partial charge in [-0.3, -0.25) is 20.2 Å². The summed E-state index contributed by atoms with van der Waals surface area (Å²) in [6, 6.07) is 9.66. The Balaban J connectivity index is 1.32. The molecule has 10 heteroatoms. The van der Waals surface area contributed by atoms with Crippen LogP contribution in [0.15, 0.2) is 67.4 Å². The zero-order chi connectivity index (χ0) is 26.2. The number of aromatic amines is 1. The Morgan fingerprint density at radius 3 is 2.53 bits per heavy atom. The number of aromatic nitrogens is 5. The lowest BCUT2D eigenvalue weighted by Gasteiger charge is -2.24. The Bertz CT molecular complexity index is 1690. The standard InChI is InChI=1S/C28H23FN8O/c29-19-6-4-15(5-7-19)22-13-33-14-23-25(22)37-27(36-23)24(30)21-9-18(11-34-26(21)31)17-8-20(12-32-10-17)35-28(38)16-2-1-3-16/h4-14,16,30H,1-3H2,(H2,31,34)(H,35,38)(H,36,37). The molecule has 1 aliphatic carbocycles. The number of pyridine rings is 3. The molecule has 0 bridgehead atoms. The van der Waals surface area contributed by atoms with Crippen LogP contribution in [-0.4, -0.2) is 36.5 Å². The second-order valence-corrected chi connectivity index (χ2v) is 9.29. The van der Waals surface area contributed by atoms with Crippen molar-refractivity contribution in [1.29, 1.82) is 5.41 Å². The van der Waals surface area contributed by atoms with Crippen LogP contribution in [0.2, 0.25) is 0 Å². The SMILES string of the molecule is N=C(c1nc2c(-c3ccc(F)cc3)cncc2[nH]1)c1cc(-c2cncc(NC(=O)C3CCC3)c2)cnc1N. The predicted octanol–water partition coefficient (Wildman–Crippen LogP) is 4.96. The number of imidazole rings is 1. The summed E-state index contributed by atoms with van der Waals surface area (Å²) in [5.41, 5.74) is 11.3. The molecule has 0 aliphatic heterocycles. The molecule has 5 N–H and O–H groups in total. The number of hydrogen-bond acceptors (Lipinski definition) is 7. The van der Waals surface area contributed by atoms with Crippen molar-refractivity contribution < 1.29 is 9.18 Å². The normalized spacial score (nSPS) is 13.3. The molecule has 1 saturated carbocycles. The van der Waals surface area contributed by atoms with Gasteiger partial charge in [-0.15, -0.1) is 0 Å². The van der Waals surface area contributed by atoms with E-state index in [0.29, 0.717) is 39.2 Å². The quantitative estimate of drug-likeness (QED) is 0.240. The van der Waals surface area contributed by atoms with Gasteiger partial charge in [0, 0.05) is 46.8 Å². The number of nitrogens with two attached hydrogens (primary N) is 1. The van der Waals surface area contributed by atoms with Crippen molar-refractivity contribution in [2.45, 2.75) is 19.3 Å². The van der Waals surface area contributed by atoms with Gasteiger partial charge in [-0.1, -0.05) is 18.6 Å². The fourth-order valence-electron chi connectivity index (χ4n) is 4.43. The van der Waals surface area contributed by atoms with Crippen LogP contribution in [0.4, 0.5) is 15.9 Å². The smallest absolute Gasteiger partial charge is 0.227 e. The van der Waals surface area contributed by atoms with E-state index in [0.717, 1.165) is 30.4 Å². The van der Waals surface area contributed by atoms with E-state index in [-0.39, 0.29) is 29.2 Å². The Hall–Kier alpha value is -4.99. The number of benzene rings is 1. The van der Waals surface area contributed by atoms with Crippen LogP contribution in [-0.2, 0) is 4.79 Å². The Morgan fingerprint density at radius 1 is 1.00 bits per heavy atom. The maximum Gasteiger partial charge on any atom is 0.227 e. The molecule has 6 rings (SSSR count). The van der Waals surface area contributed by atoms with Gasteiger partial charge in [0.2, 0.25) is 5.91 Å². The molecular formula is C28H23FN8O. The van der Waals surface area contributed by atoms with Crippen molar-refractivity contribution in [2.24, 2.45) is 5.92 Å². The molecular weight excluding hydrogens is 483 g/mol. The zero-order valence-electron chi connectivity index (χ0n) is 20.2. The molecule has 5 aromatic rings. The van der Waals surface area contributed by atoms with Crippen LogP contribution in [0, 0.1) is 17.1 Å². The fraction of sp³-hybridized carbons (Fsp3) is 0.143. The van der Waals surface area contributed by atoms with E-state index in [1.807, 2.05) is 6.07 Å². The molecule has 0 radical (unpaired) electrons.